The van der Waals surface area contributed by atoms with Gasteiger partial charge in [-0.25, -0.2) is 0 Å². The topological polar surface area (TPSA) is 43.4 Å². The summed E-state index contributed by atoms with van der Waals surface area (Å²) in [5, 5.41) is 0. The van der Waals surface area contributed by atoms with Crippen molar-refractivity contribution in [2.45, 2.75) is 64.4 Å². The third-order valence-corrected chi connectivity index (χ3v) is 5.64. The van der Waals surface area contributed by atoms with Crippen molar-refractivity contribution in [3.8, 4) is 0 Å². The van der Waals surface area contributed by atoms with Crippen LogP contribution < -0.4 is 0 Å². The first-order chi connectivity index (χ1) is 11.7. The Balaban J connectivity index is 1.82. The number of esters is 1. The number of ether oxygens (including phenoxy) is 1. The summed E-state index contributed by atoms with van der Waals surface area (Å²) in [6.45, 7) is 4.24. The molecule has 24 heavy (non-hydrogen) atoms. The molecule has 0 amide bonds. The van der Waals surface area contributed by atoms with Crippen LogP contribution in [-0.2, 0) is 14.3 Å². The maximum absolute atomic E-state index is 13.1. The van der Waals surface area contributed by atoms with Crippen molar-refractivity contribution in [1.29, 1.82) is 0 Å². The monoisotopic (exact) mass is 328 g/mol. The minimum Gasteiger partial charge on any atom is -0.453 e. The van der Waals surface area contributed by atoms with E-state index in [1.807, 2.05) is 30.3 Å². The van der Waals surface area contributed by atoms with Gasteiger partial charge in [-0.2, -0.15) is 0 Å². The van der Waals surface area contributed by atoms with Crippen molar-refractivity contribution in [2.24, 2.45) is 17.8 Å². The van der Waals surface area contributed by atoms with E-state index in [-0.39, 0.29) is 23.6 Å². The fourth-order valence-electron chi connectivity index (χ4n) is 4.11. The second kappa shape index (κ2) is 7.50. The van der Waals surface area contributed by atoms with Gasteiger partial charge in [-0.3, -0.25) is 9.59 Å². The van der Waals surface area contributed by atoms with Gasteiger partial charge in [0.2, 0.25) is 0 Å². The summed E-state index contributed by atoms with van der Waals surface area (Å²) in [7, 11) is 0. The average Bonchev–Trinajstić information content (AvgIpc) is 3.39. The van der Waals surface area contributed by atoms with E-state index in [2.05, 4.69) is 13.8 Å². The molecule has 1 heterocycles. The molecular formula is C21H28O3. The number of hydrogen-bond acceptors (Lipinski definition) is 3. The molecule has 1 aliphatic carbocycles. The molecule has 130 valence electrons. The van der Waals surface area contributed by atoms with Crippen LogP contribution in [0.15, 0.2) is 30.3 Å². The van der Waals surface area contributed by atoms with Crippen LogP contribution in [0.4, 0.5) is 0 Å². The van der Waals surface area contributed by atoms with Gasteiger partial charge in [0.25, 0.3) is 0 Å². The molecule has 0 aromatic heterocycles. The smallest absolute Gasteiger partial charge is 0.318 e. The molecule has 0 N–H and O–H groups in total. The van der Waals surface area contributed by atoms with Crippen LogP contribution in [0, 0.1) is 17.8 Å². The van der Waals surface area contributed by atoms with E-state index in [9.17, 15) is 9.59 Å². The SMILES string of the molecule is CCCCC(CC)C1OC(=O)C(C(c2ccccc2)C2CC2)C1=O. The van der Waals surface area contributed by atoms with Crippen molar-refractivity contribution in [3.63, 3.8) is 0 Å². The number of hydrogen-bond donors (Lipinski definition) is 0. The first kappa shape index (κ1) is 17.2. The van der Waals surface area contributed by atoms with E-state index < -0.39 is 12.0 Å². The summed E-state index contributed by atoms with van der Waals surface area (Å²) in [5.74, 6) is -0.240. The Morgan fingerprint density at radius 2 is 1.83 bits per heavy atom. The zero-order chi connectivity index (χ0) is 17.1. The van der Waals surface area contributed by atoms with E-state index >= 15 is 0 Å². The van der Waals surface area contributed by atoms with Gasteiger partial charge in [0.1, 0.15) is 5.92 Å². The number of cyclic esters (lactones) is 1. The van der Waals surface area contributed by atoms with E-state index in [1.54, 1.807) is 0 Å². The highest BCUT2D eigenvalue weighted by Gasteiger charge is 2.53. The molecule has 0 spiro atoms. The minimum atomic E-state index is -0.597. The zero-order valence-electron chi connectivity index (χ0n) is 14.7. The average molecular weight is 328 g/mol. The summed E-state index contributed by atoms with van der Waals surface area (Å²) in [6.07, 6.45) is 5.71. The molecule has 1 aromatic rings. The predicted octanol–water partition coefficient (Wildman–Crippen LogP) is 4.51. The maximum Gasteiger partial charge on any atom is 0.318 e. The van der Waals surface area contributed by atoms with E-state index in [1.165, 1.54) is 0 Å². The van der Waals surface area contributed by atoms with Crippen LogP contribution in [-0.4, -0.2) is 17.9 Å². The molecule has 0 bridgehead atoms. The van der Waals surface area contributed by atoms with Gasteiger partial charge in [0.05, 0.1) is 0 Å². The standard InChI is InChI=1S/C21H28O3/c1-3-5-9-14(4-2)20-19(22)18(21(23)24-20)17(16-12-13-16)15-10-7-6-8-11-15/h6-8,10-11,14,16-18,20H,3-5,9,12-13H2,1-2H3. The van der Waals surface area contributed by atoms with Gasteiger partial charge in [-0.15, -0.1) is 0 Å². The number of unbranched alkanes of at least 4 members (excludes halogenated alkanes) is 1. The quantitative estimate of drug-likeness (QED) is 0.521. The van der Waals surface area contributed by atoms with Gasteiger partial charge < -0.3 is 4.74 Å². The van der Waals surface area contributed by atoms with Crippen LogP contribution in [0.1, 0.15) is 63.9 Å². The molecule has 2 aliphatic rings. The van der Waals surface area contributed by atoms with Crippen molar-refractivity contribution in [2.75, 3.05) is 0 Å². The lowest BCUT2D eigenvalue weighted by molar-refractivity contribution is -0.147. The lowest BCUT2D eigenvalue weighted by Crippen LogP contribution is -2.31. The highest BCUT2D eigenvalue weighted by Crippen LogP contribution is 2.49. The molecule has 1 saturated heterocycles. The van der Waals surface area contributed by atoms with Gasteiger partial charge in [-0.1, -0.05) is 57.0 Å². The van der Waals surface area contributed by atoms with Crippen molar-refractivity contribution >= 4 is 11.8 Å². The van der Waals surface area contributed by atoms with E-state index in [4.69, 9.17) is 4.74 Å². The van der Waals surface area contributed by atoms with Gasteiger partial charge in [-0.05, 0) is 37.2 Å². The second-order valence-electron chi connectivity index (χ2n) is 7.32. The normalized spacial score (nSPS) is 26.2. The van der Waals surface area contributed by atoms with Crippen molar-refractivity contribution in [1.82, 2.24) is 0 Å². The fourth-order valence-corrected chi connectivity index (χ4v) is 4.11. The molecule has 1 aliphatic heterocycles. The third kappa shape index (κ3) is 3.40. The number of benzene rings is 1. The molecule has 1 saturated carbocycles. The van der Waals surface area contributed by atoms with Crippen LogP contribution in [0.2, 0.25) is 0 Å². The van der Waals surface area contributed by atoms with E-state index in [0.717, 1.165) is 44.1 Å². The Morgan fingerprint density at radius 1 is 1.12 bits per heavy atom. The Labute approximate surface area is 144 Å². The first-order valence-electron chi connectivity index (χ1n) is 9.46. The molecule has 3 rings (SSSR count). The molecule has 0 radical (unpaired) electrons. The molecule has 4 unspecified atom stereocenters. The summed E-state index contributed by atoms with van der Waals surface area (Å²) in [6, 6.07) is 10.0. The van der Waals surface area contributed by atoms with Crippen LogP contribution >= 0.6 is 0 Å². The summed E-state index contributed by atoms with van der Waals surface area (Å²) in [5.41, 5.74) is 1.11. The molecule has 4 atom stereocenters. The van der Waals surface area contributed by atoms with Gasteiger partial charge in [0, 0.05) is 11.8 Å². The molecular weight excluding hydrogens is 300 g/mol. The number of carbonyl (C=O) groups is 2. The number of carbonyl (C=O) groups excluding carboxylic acids is 2. The number of ketones is 1. The minimum absolute atomic E-state index is 0.000110. The Kier molecular flexibility index (Phi) is 5.37. The highest BCUT2D eigenvalue weighted by atomic mass is 16.6. The highest BCUT2D eigenvalue weighted by molar-refractivity contribution is 6.07. The van der Waals surface area contributed by atoms with Crippen LogP contribution in [0.5, 0.6) is 0 Å². The maximum atomic E-state index is 13.1. The molecule has 3 heteroatoms. The zero-order valence-corrected chi connectivity index (χ0v) is 14.7. The summed E-state index contributed by atoms with van der Waals surface area (Å²) < 4.78 is 5.63. The van der Waals surface area contributed by atoms with Gasteiger partial charge >= 0.3 is 5.97 Å². The van der Waals surface area contributed by atoms with Gasteiger partial charge in [0.15, 0.2) is 11.9 Å². The second-order valence-corrected chi connectivity index (χ2v) is 7.32. The van der Waals surface area contributed by atoms with E-state index in [0.29, 0.717) is 5.92 Å². The molecule has 2 fully saturated rings. The fraction of sp³-hybridized carbons (Fsp3) is 0.619. The molecule has 1 aromatic carbocycles. The summed E-state index contributed by atoms with van der Waals surface area (Å²) >= 11 is 0. The lowest BCUT2D eigenvalue weighted by Gasteiger charge is -2.21. The number of Topliss-reactive ketones (excluding diaryl/α,β-unsaturated/α-hetero) is 1. The third-order valence-electron chi connectivity index (χ3n) is 5.64. The molecule has 3 nitrogen and oxygen atoms in total. The summed E-state index contributed by atoms with van der Waals surface area (Å²) in [4.78, 5) is 25.7. The number of rotatable bonds is 8. The predicted molar refractivity (Wildman–Crippen MR) is 93.6 cm³/mol. The largest absolute Gasteiger partial charge is 0.453 e. The van der Waals surface area contributed by atoms with Crippen LogP contribution in [0.25, 0.3) is 0 Å². The Hall–Kier alpha value is -1.64. The lowest BCUT2D eigenvalue weighted by atomic mass is 9.78. The Morgan fingerprint density at radius 3 is 2.42 bits per heavy atom. The Bertz CT molecular complexity index is 576. The van der Waals surface area contributed by atoms with Crippen molar-refractivity contribution < 1.29 is 14.3 Å². The van der Waals surface area contributed by atoms with Crippen molar-refractivity contribution in [3.05, 3.63) is 35.9 Å². The van der Waals surface area contributed by atoms with Crippen LogP contribution in [0.3, 0.4) is 0 Å². The first-order valence-corrected chi connectivity index (χ1v) is 9.46.